The van der Waals surface area contributed by atoms with Crippen LogP contribution in [-0.4, -0.2) is 42.4 Å². The molecule has 0 bridgehead atoms. The van der Waals surface area contributed by atoms with E-state index in [1.165, 1.54) is 23.3 Å². The first-order valence-corrected chi connectivity index (χ1v) is 9.31. The van der Waals surface area contributed by atoms with Crippen molar-refractivity contribution >= 4 is 18.3 Å². The van der Waals surface area contributed by atoms with E-state index in [0.717, 1.165) is 25.2 Å². The fraction of sp³-hybridized carbons (Fsp3) is 0.409. The maximum atomic E-state index is 13.1. The molecule has 2 fully saturated rings. The Bertz CT molecular complexity index is 810. The van der Waals surface area contributed by atoms with Crippen LogP contribution in [0.1, 0.15) is 22.7 Å². The summed E-state index contributed by atoms with van der Waals surface area (Å²) in [6, 6.07) is 15.2. The van der Waals surface area contributed by atoms with Crippen LogP contribution in [-0.2, 0) is 11.2 Å². The van der Waals surface area contributed by atoms with E-state index in [9.17, 15) is 9.18 Å². The van der Waals surface area contributed by atoms with Gasteiger partial charge in [0.2, 0.25) is 5.91 Å². The maximum absolute atomic E-state index is 13.1. The van der Waals surface area contributed by atoms with Gasteiger partial charge in [0.05, 0.1) is 6.42 Å². The summed E-state index contributed by atoms with van der Waals surface area (Å²) < 4.78 is 13.1. The van der Waals surface area contributed by atoms with Crippen molar-refractivity contribution in [2.75, 3.05) is 26.7 Å². The van der Waals surface area contributed by atoms with Crippen molar-refractivity contribution in [1.82, 2.24) is 9.80 Å². The van der Waals surface area contributed by atoms with Crippen LogP contribution in [0.4, 0.5) is 4.39 Å². The van der Waals surface area contributed by atoms with E-state index in [1.54, 1.807) is 12.1 Å². The quantitative estimate of drug-likeness (QED) is 0.797. The summed E-state index contributed by atoms with van der Waals surface area (Å²) in [5, 5.41) is 0. The highest BCUT2D eigenvalue weighted by Crippen LogP contribution is 2.44. The third kappa shape index (κ3) is 3.87. The fourth-order valence-corrected chi connectivity index (χ4v) is 4.74. The minimum absolute atomic E-state index is 0. The predicted molar refractivity (Wildman–Crippen MR) is 107 cm³/mol. The number of halogens is 2. The molecule has 1 amide bonds. The van der Waals surface area contributed by atoms with E-state index >= 15 is 0 Å². The van der Waals surface area contributed by atoms with Crippen molar-refractivity contribution in [2.24, 2.45) is 11.8 Å². The maximum Gasteiger partial charge on any atom is 0.227 e. The van der Waals surface area contributed by atoms with Crippen molar-refractivity contribution in [2.45, 2.75) is 19.4 Å². The first-order chi connectivity index (χ1) is 12.5. The second kappa shape index (κ2) is 7.99. The molecule has 27 heavy (non-hydrogen) atoms. The molecule has 2 aromatic rings. The molecule has 3 atom stereocenters. The number of fused-ring (bicyclic) bond motifs is 1. The van der Waals surface area contributed by atoms with Gasteiger partial charge in [-0.15, -0.1) is 12.4 Å². The highest BCUT2D eigenvalue weighted by molar-refractivity contribution is 5.85. The Morgan fingerprint density at radius 1 is 1.07 bits per heavy atom. The first-order valence-electron chi connectivity index (χ1n) is 9.31. The zero-order valence-corrected chi connectivity index (χ0v) is 16.6. The van der Waals surface area contributed by atoms with E-state index in [0.29, 0.717) is 24.3 Å². The lowest BCUT2D eigenvalue weighted by Crippen LogP contribution is -2.34. The molecule has 2 saturated heterocycles. The number of carbonyl (C=O) groups is 1. The molecule has 0 N–H and O–H groups in total. The van der Waals surface area contributed by atoms with E-state index in [1.807, 2.05) is 4.90 Å². The Morgan fingerprint density at radius 2 is 1.78 bits per heavy atom. The Labute approximate surface area is 166 Å². The number of rotatable bonds is 3. The third-order valence-electron chi connectivity index (χ3n) is 6.02. The predicted octanol–water partition coefficient (Wildman–Crippen LogP) is 3.86. The number of benzene rings is 2. The minimum Gasteiger partial charge on any atom is -0.342 e. The molecule has 0 aromatic heterocycles. The van der Waals surface area contributed by atoms with Crippen molar-refractivity contribution < 1.29 is 9.18 Å². The van der Waals surface area contributed by atoms with Crippen LogP contribution in [0.2, 0.25) is 0 Å². The van der Waals surface area contributed by atoms with Gasteiger partial charge in [-0.3, -0.25) is 9.69 Å². The smallest absolute Gasteiger partial charge is 0.227 e. The Morgan fingerprint density at radius 3 is 2.48 bits per heavy atom. The van der Waals surface area contributed by atoms with E-state index in [-0.39, 0.29) is 24.1 Å². The number of likely N-dealkylation sites (tertiary alicyclic amines) is 2. The zero-order chi connectivity index (χ0) is 18.3. The summed E-state index contributed by atoms with van der Waals surface area (Å²) in [5.41, 5.74) is 3.58. The van der Waals surface area contributed by atoms with Gasteiger partial charge in [0, 0.05) is 31.6 Å². The van der Waals surface area contributed by atoms with Crippen LogP contribution >= 0.6 is 12.4 Å². The molecule has 2 aliphatic rings. The largest absolute Gasteiger partial charge is 0.342 e. The van der Waals surface area contributed by atoms with Crippen molar-refractivity contribution in [1.29, 1.82) is 0 Å². The molecule has 0 unspecified atom stereocenters. The summed E-state index contributed by atoms with van der Waals surface area (Å²) in [4.78, 5) is 17.2. The SMILES string of the molecule is Cc1ccccc1[C@H]1[C@@H]2CN(C(=O)Cc3ccc(F)cc3)C[C@@H]2CN1C.Cl. The second-order valence-corrected chi connectivity index (χ2v) is 7.77. The lowest BCUT2D eigenvalue weighted by Gasteiger charge is -2.28. The molecule has 3 nitrogen and oxygen atoms in total. The topological polar surface area (TPSA) is 23.6 Å². The molecule has 2 aliphatic heterocycles. The van der Waals surface area contributed by atoms with Gasteiger partial charge in [-0.2, -0.15) is 0 Å². The van der Waals surface area contributed by atoms with Gasteiger partial charge in [-0.1, -0.05) is 36.4 Å². The average Bonchev–Trinajstić information content (AvgIpc) is 3.15. The molecule has 0 radical (unpaired) electrons. The number of hydrogen-bond donors (Lipinski definition) is 0. The Balaban J connectivity index is 0.00000210. The monoisotopic (exact) mass is 388 g/mol. The summed E-state index contributed by atoms with van der Waals surface area (Å²) in [7, 11) is 2.19. The Hall–Kier alpha value is -1.91. The van der Waals surface area contributed by atoms with E-state index in [4.69, 9.17) is 0 Å². The second-order valence-electron chi connectivity index (χ2n) is 7.77. The standard InChI is InChI=1S/C22H25FN2O.ClH/c1-15-5-3-4-6-19(15)22-20-14-25(13-17(20)12-24(22)2)21(26)11-16-7-9-18(23)10-8-16;/h3-10,17,20,22H,11-14H2,1-2H3;1H/t17-,20+,22-;/m0./s1. The van der Waals surface area contributed by atoms with E-state index < -0.39 is 0 Å². The van der Waals surface area contributed by atoms with Crippen LogP contribution in [0.3, 0.4) is 0 Å². The molecular weight excluding hydrogens is 363 g/mol. The highest BCUT2D eigenvalue weighted by Gasteiger charge is 2.47. The van der Waals surface area contributed by atoms with Crippen LogP contribution in [0, 0.1) is 24.6 Å². The minimum atomic E-state index is -0.263. The van der Waals surface area contributed by atoms with Gasteiger partial charge >= 0.3 is 0 Å². The lowest BCUT2D eigenvalue weighted by molar-refractivity contribution is -0.129. The van der Waals surface area contributed by atoms with Crippen LogP contribution in [0.5, 0.6) is 0 Å². The molecule has 144 valence electrons. The number of carbonyl (C=O) groups excluding carboxylic acids is 1. The highest BCUT2D eigenvalue weighted by atomic mass is 35.5. The molecule has 0 spiro atoms. The van der Waals surface area contributed by atoms with Gasteiger partial charge < -0.3 is 4.90 Å². The molecule has 0 aliphatic carbocycles. The molecule has 0 saturated carbocycles. The molecular formula is C22H26ClFN2O. The number of aryl methyl sites for hydroxylation is 1. The summed E-state index contributed by atoms with van der Waals surface area (Å²) in [6.45, 7) is 4.85. The average molecular weight is 389 g/mol. The fourth-order valence-electron chi connectivity index (χ4n) is 4.74. The lowest BCUT2D eigenvalue weighted by atomic mass is 9.88. The molecule has 5 heteroatoms. The van der Waals surface area contributed by atoms with Crippen LogP contribution < -0.4 is 0 Å². The van der Waals surface area contributed by atoms with Gasteiger partial charge in [-0.25, -0.2) is 4.39 Å². The number of hydrogen-bond acceptors (Lipinski definition) is 2. The van der Waals surface area contributed by atoms with Gasteiger partial charge in [0.25, 0.3) is 0 Å². The molecule has 4 rings (SSSR count). The summed E-state index contributed by atoms with van der Waals surface area (Å²) in [6.07, 6.45) is 0.352. The molecule has 2 aromatic carbocycles. The van der Waals surface area contributed by atoms with Gasteiger partial charge in [0.15, 0.2) is 0 Å². The Kier molecular flexibility index (Phi) is 5.87. The van der Waals surface area contributed by atoms with Crippen molar-refractivity contribution in [3.8, 4) is 0 Å². The van der Waals surface area contributed by atoms with Crippen molar-refractivity contribution in [3.63, 3.8) is 0 Å². The zero-order valence-electron chi connectivity index (χ0n) is 15.8. The summed E-state index contributed by atoms with van der Waals surface area (Å²) >= 11 is 0. The van der Waals surface area contributed by atoms with E-state index in [2.05, 4.69) is 43.1 Å². The molecule has 2 heterocycles. The van der Waals surface area contributed by atoms with Crippen LogP contribution in [0.15, 0.2) is 48.5 Å². The van der Waals surface area contributed by atoms with Crippen molar-refractivity contribution in [3.05, 3.63) is 71.0 Å². The number of nitrogens with zero attached hydrogens (tertiary/aromatic N) is 2. The van der Waals surface area contributed by atoms with Crippen LogP contribution in [0.25, 0.3) is 0 Å². The van der Waals surface area contributed by atoms with Gasteiger partial charge in [0.1, 0.15) is 5.82 Å². The third-order valence-corrected chi connectivity index (χ3v) is 6.02. The van der Waals surface area contributed by atoms with Gasteiger partial charge in [-0.05, 0) is 48.7 Å². The first kappa shape index (κ1) is 19.8. The normalized spacial score (nSPS) is 24.6. The number of amides is 1. The summed E-state index contributed by atoms with van der Waals surface area (Å²) in [5.74, 6) is 0.901.